The van der Waals surface area contributed by atoms with Crippen molar-refractivity contribution in [1.29, 1.82) is 0 Å². The van der Waals surface area contributed by atoms with E-state index in [0.29, 0.717) is 58.2 Å². The van der Waals surface area contributed by atoms with E-state index in [-0.39, 0.29) is 109 Å². The fraction of sp³-hybridized carbons (Fsp3) is 0.427. The Morgan fingerprint density at radius 1 is 0.643 bits per heavy atom. The van der Waals surface area contributed by atoms with E-state index in [9.17, 15) is 92.0 Å². The van der Waals surface area contributed by atoms with Gasteiger partial charge in [0.25, 0.3) is 36.8 Å². The molecule has 0 bridgehead atoms. The summed E-state index contributed by atoms with van der Waals surface area (Å²) in [5, 5.41) is 32.3. The van der Waals surface area contributed by atoms with Gasteiger partial charge < -0.3 is 50.9 Å². The second-order valence-electron chi connectivity index (χ2n) is 29.6. The number of amides is 5. The minimum Gasteiger partial charge on any atom is -0.481 e. The largest absolute Gasteiger partial charge is 0.481 e. The Morgan fingerprint density at radius 3 is 1.83 bits per heavy atom. The van der Waals surface area contributed by atoms with E-state index in [1.54, 1.807) is 114 Å². The van der Waals surface area contributed by atoms with Crippen LogP contribution in [-0.4, -0.2) is 171 Å². The molecule has 0 aromatic heterocycles. The molecule has 2 heterocycles. The number of ketones is 3. The number of ether oxygens (including phenoxy) is 1. The first-order chi connectivity index (χ1) is 54.3. The Labute approximate surface area is 669 Å². The van der Waals surface area contributed by atoms with Crippen molar-refractivity contribution in [3.05, 3.63) is 190 Å². The number of hydrogen-bond donors (Lipinski definition) is 10. The van der Waals surface area contributed by atoms with Gasteiger partial charge in [-0.15, -0.1) is 0 Å². The molecule has 4 aromatic carbocycles. The molecule has 30 nitrogen and oxygen atoms in total. The molecule has 620 valence electrons. The molecule has 1 unspecified atom stereocenters. The van der Waals surface area contributed by atoms with Gasteiger partial charge in [0, 0.05) is 98.3 Å². The fourth-order valence-electron chi connectivity index (χ4n) is 13.8. The maximum absolute atomic E-state index is 14.9. The van der Waals surface area contributed by atoms with Gasteiger partial charge in [0.05, 0.1) is 41.5 Å². The van der Waals surface area contributed by atoms with Crippen LogP contribution in [-0.2, 0) is 108 Å². The summed E-state index contributed by atoms with van der Waals surface area (Å²) in [6.07, 6.45) is 1.72. The molecule has 7 rings (SSSR count). The van der Waals surface area contributed by atoms with Crippen molar-refractivity contribution in [1.82, 2.24) is 31.2 Å². The van der Waals surface area contributed by atoms with Crippen LogP contribution < -0.4 is 41.4 Å². The van der Waals surface area contributed by atoms with Gasteiger partial charge in [-0.25, -0.2) is 14.2 Å². The van der Waals surface area contributed by atoms with Crippen LogP contribution in [0.5, 0.6) is 0 Å². The minimum absolute atomic E-state index is 0.0108. The first-order valence-corrected chi connectivity index (χ1v) is 42.5. The van der Waals surface area contributed by atoms with E-state index in [2.05, 4.69) is 31.3 Å². The topological polar surface area (TPSA) is 463 Å². The third kappa shape index (κ3) is 29.6. The van der Waals surface area contributed by atoms with Gasteiger partial charge in [0.1, 0.15) is 36.4 Å². The van der Waals surface area contributed by atoms with Crippen molar-refractivity contribution in [3.63, 3.8) is 0 Å². The van der Waals surface area contributed by atoms with Crippen molar-refractivity contribution >= 4 is 102 Å². The fourth-order valence-corrected chi connectivity index (χ4v) is 15.3. The smallest absolute Gasteiger partial charge is 0.326 e. The van der Waals surface area contributed by atoms with Crippen LogP contribution in [0.4, 0.5) is 10.5 Å². The molecule has 2 aliphatic heterocycles. The van der Waals surface area contributed by atoms with E-state index in [0.717, 1.165) is 16.5 Å². The molecule has 5 amide bonds. The van der Waals surface area contributed by atoms with Gasteiger partial charge >= 0.3 is 18.0 Å². The molecule has 0 spiro atoms. The number of carbonyl (C=O) groups is 10. The van der Waals surface area contributed by atoms with E-state index in [1.165, 1.54) is 18.2 Å². The Hall–Kier alpha value is -10.6. The molecule has 0 fully saturated rings. The monoisotopic (exact) mass is 1650 g/mol. The van der Waals surface area contributed by atoms with Crippen molar-refractivity contribution in [2.45, 2.75) is 171 Å². The number of carboxylic acids is 2. The summed E-state index contributed by atoms with van der Waals surface area (Å²) in [6.45, 7) is 10.2. The number of anilines is 1. The zero-order chi connectivity index (χ0) is 84.3. The van der Waals surface area contributed by atoms with Crippen LogP contribution in [0.25, 0.3) is 17.4 Å². The predicted molar refractivity (Wildman–Crippen MR) is 428 cm³/mol. The van der Waals surface area contributed by atoms with Crippen LogP contribution in [0.2, 0.25) is 0 Å². The summed E-state index contributed by atoms with van der Waals surface area (Å²) < 4.78 is 116. The molecule has 0 saturated heterocycles. The average molecular weight is 1650 g/mol. The van der Waals surface area contributed by atoms with E-state index < -0.39 is 160 Å². The number of fused-ring (bicyclic) bond motifs is 2. The highest BCUT2D eigenvalue weighted by molar-refractivity contribution is 7.86. The van der Waals surface area contributed by atoms with E-state index >= 15 is 0 Å². The number of hydrogen-bond acceptors (Lipinski definition) is 19. The summed E-state index contributed by atoms with van der Waals surface area (Å²) in [5.41, 5.74) is 3.57. The van der Waals surface area contributed by atoms with Crippen LogP contribution in [0.1, 0.15) is 152 Å². The number of carboxylic acid groups (broad SMARTS) is 2. The summed E-state index contributed by atoms with van der Waals surface area (Å²) in [6, 6.07) is 34.2. The Morgan fingerprint density at radius 2 is 1.25 bits per heavy atom. The van der Waals surface area contributed by atoms with Gasteiger partial charge in [-0.1, -0.05) is 118 Å². The Balaban J connectivity index is 1.05. The third-order valence-electron chi connectivity index (χ3n) is 19.7. The lowest BCUT2D eigenvalue weighted by Crippen LogP contribution is -2.49. The van der Waals surface area contributed by atoms with Gasteiger partial charge in [-0.05, 0) is 141 Å². The van der Waals surface area contributed by atoms with Crippen molar-refractivity contribution in [2.75, 3.05) is 49.1 Å². The number of Topliss-reactive ketones (excluding diaryl/α,β-unsaturated/α-hetero) is 3. The number of aliphatic carboxylic acids is 2. The molecular formula is C82H102N7O23S3+. The quantitative estimate of drug-likeness (QED) is 0.00569. The maximum Gasteiger partial charge on any atom is 0.326 e. The first-order valence-electron chi connectivity index (χ1n) is 37.8. The zero-order valence-corrected chi connectivity index (χ0v) is 67.3. The summed E-state index contributed by atoms with van der Waals surface area (Å²) >= 11 is 0. The number of nitrogens with zero attached hydrogens (tertiary/aromatic N) is 2. The molecule has 6 atom stereocenters. The summed E-state index contributed by atoms with van der Waals surface area (Å²) in [4.78, 5) is 132. The number of benzene rings is 5. The number of rotatable bonds is 47. The zero-order valence-electron chi connectivity index (χ0n) is 64.9. The molecule has 4 aromatic rings. The van der Waals surface area contributed by atoms with Crippen LogP contribution in [0, 0.1) is 11.8 Å². The lowest BCUT2D eigenvalue weighted by atomic mass is 9.77. The van der Waals surface area contributed by atoms with Gasteiger partial charge in [-0.3, -0.25) is 52.0 Å². The Kier molecular flexibility index (Phi) is 34.0. The lowest BCUT2D eigenvalue weighted by molar-refractivity contribution is -0.141. The summed E-state index contributed by atoms with van der Waals surface area (Å²) in [5.74, 6) is -8.04. The SMILES string of the molecule is CC[N+](CCCS(=O)(=O)O)=c1ccc2c(C(C)(C)C)cc(/C=C/C=C3\N(CCCS(=O)(=O)O)c4ccc(S(=O)(=O)O)cc4C3(C)CCCC(=O)N[C@@H](Cc3ccccc3)C(=O)C[C@@H](Cc3ccccc3)C(=O)NCC(=O)CCCNC(=O)[C@@H](CC(=O)CC[C@H](NC(=O)N[C@@H](CCC(=O)O)OC=O)C(=O)O)Cc3ccccc3)oc-2c1. The highest BCUT2D eigenvalue weighted by Crippen LogP contribution is 2.51. The minimum atomic E-state index is -4.80. The van der Waals surface area contributed by atoms with Gasteiger partial charge in [0.15, 0.2) is 17.8 Å². The third-order valence-corrected chi connectivity index (χ3v) is 22.2. The Bertz CT molecular complexity index is 4900. The van der Waals surface area contributed by atoms with Crippen molar-refractivity contribution in [2.24, 2.45) is 11.8 Å². The molecule has 33 heteroatoms. The number of carbonyl (C=O) groups excluding carboxylic acids is 8. The number of allylic oxidation sites excluding steroid dienone is 3. The lowest BCUT2D eigenvalue weighted by Gasteiger charge is -2.30. The van der Waals surface area contributed by atoms with Crippen LogP contribution >= 0.6 is 0 Å². The molecule has 0 saturated carbocycles. The molecule has 10 N–H and O–H groups in total. The highest BCUT2D eigenvalue weighted by atomic mass is 32.2. The molecule has 3 aliphatic rings. The van der Waals surface area contributed by atoms with E-state index in [4.69, 9.17) is 9.52 Å². The normalized spacial score (nSPS) is 15.7. The van der Waals surface area contributed by atoms with Crippen molar-refractivity contribution in [3.8, 4) is 11.3 Å². The standard InChI is InChI=1S/C82H101N7O23S3/c1-6-88(41-19-43-113(102,103)104)60-31-34-65-66(81(2,3)4)51-63(112-72(65)50-60)28-16-29-73-82(5,67-52-64(115(108,109)110)33-36-70(67)89(73)42-20-44-114(105,106)107)39-17-30-74(94)85-69(47-57-25-14-9-15-26-57)71(93)49-59(46-56-23-12-8-13-24-56)78(98)84-53-62(92)27-18-40-83-77(97)58(45-55-21-10-7-11-22-55)48-61(91)32-35-68(79(99)100)86-80(101)87-75(111-54-90)37-38-76(95)96/h7-16,21-26,28-29,31,33-34,36,50-52,54,58-59,68-69,75H,6,17-20,27,30,32,35,37-49,53H2,1-5H3,(H9-,83,84,85,86,87,94,95,96,97,98,99,100,101,102,103,104,105,106,107,108,109,110)/p+1/t58-,59-,68+,69+,75-,82?/m1/s1. The maximum atomic E-state index is 14.9. The van der Waals surface area contributed by atoms with Gasteiger partial charge in [0.2, 0.25) is 23.1 Å². The number of urea groups is 1. The molecule has 115 heavy (non-hydrogen) atoms. The van der Waals surface area contributed by atoms with E-state index in [1.807, 2.05) is 63.5 Å². The highest BCUT2D eigenvalue weighted by Gasteiger charge is 2.44. The van der Waals surface area contributed by atoms with Crippen molar-refractivity contribution < 1.29 is 106 Å². The second kappa shape index (κ2) is 42.7. The second-order valence-corrected chi connectivity index (χ2v) is 34.2. The molecule has 1 aliphatic carbocycles. The number of nitrogens with one attached hydrogen (secondary N) is 5. The van der Waals surface area contributed by atoms with Crippen LogP contribution in [0.3, 0.4) is 0 Å². The van der Waals surface area contributed by atoms with Crippen LogP contribution in [0.15, 0.2) is 161 Å². The first kappa shape index (κ1) is 91.6. The summed E-state index contributed by atoms with van der Waals surface area (Å²) in [7, 11) is -13.4. The average Bonchev–Trinajstić information content (AvgIpc) is 1.58. The predicted octanol–water partition coefficient (Wildman–Crippen LogP) is 7.96. The molecular weight excluding hydrogens is 1550 g/mol. The van der Waals surface area contributed by atoms with Gasteiger partial charge in [-0.2, -0.15) is 25.3 Å². The molecule has 0 radical (unpaired) electrons.